The molecule has 0 aliphatic carbocycles. The normalized spacial score (nSPS) is 7.88. The smallest absolute Gasteiger partial charge is 0.317 e. The van der Waals surface area contributed by atoms with E-state index in [1.54, 1.807) is 0 Å². The molecule has 0 aromatic carbocycles. The molecule has 88 valence electrons. The van der Waals surface area contributed by atoms with E-state index < -0.39 is 11.9 Å². The Morgan fingerprint density at radius 2 is 1.25 bits per heavy atom. The van der Waals surface area contributed by atoms with Crippen LogP contribution in [0.1, 0.15) is 0 Å². The summed E-state index contributed by atoms with van der Waals surface area (Å²) in [5.74, 6) is 2.72. The van der Waals surface area contributed by atoms with Gasteiger partial charge in [-0.25, -0.2) is 0 Å². The number of carbonyl (C=O) groups is 2. The van der Waals surface area contributed by atoms with Gasteiger partial charge in [0.15, 0.2) is 0 Å². The molecule has 0 radical (unpaired) electrons. The van der Waals surface area contributed by atoms with Gasteiger partial charge in [-0.15, -0.1) is 12.8 Å². The van der Waals surface area contributed by atoms with Gasteiger partial charge in [0, 0.05) is 0 Å². The van der Waals surface area contributed by atoms with Crippen LogP contribution in [0.3, 0.4) is 0 Å². The van der Waals surface area contributed by atoms with E-state index in [2.05, 4.69) is 22.5 Å². The first-order chi connectivity index (χ1) is 7.54. The van der Waals surface area contributed by atoms with Crippen molar-refractivity contribution in [2.75, 3.05) is 26.2 Å². The highest BCUT2D eigenvalue weighted by Crippen LogP contribution is 1.57. The van der Waals surface area contributed by atoms with Gasteiger partial charge in [0.1, 0.15) is 0 Å². The van der Waals surface area contributed by atoms with Crippen molar-refractivity contribution >= 4 is 11.9 Å². The monoisotopic (exact) mass is 226 g/mol. The number of nitrogens with one attached hydrogen (secondary N) is 2. The van der Waals surface area contributed by atoms with Gasteiger partial charge in [-0.2, -0.15) is 0 Å². The first-order valence-corrected chi connectivity index (χ1v) is 4.26. The van der Waals surface area contributed by atoms with Crippen LogP contribution in [0, 0.1) is 24.7 Å². The molecule has 0 aliphatic rings. The molecule has 6 nitrogen and oxygen atoms in total. The van der Waals surface area contributed by atoms with Gasteiger partial charge < -0.3 is 10.2 Å². The average molecular weight is 226 g/mol. The fourth-order valence-corrected chi connectivity index (χ4v) is 0.483. The summed E-state index contributed by atoms with van der Waals surface area (Å²) in [7, 11) is 0. The Balaban J connectivity index is 0. The molecular weight excluding hydrogens is 212 g/mol. The van der Waals surface area contributed by atoms with Crippen molar-refractivity contribution in [2.45, 2.75) is 0 Å². The molecular formula is C10H14N2O4. The number of hydrogen-bond acceptors (Lipinski definition) is 4. The number of terminal acetylenes is 2. The molecule has 4 N–H and O–H groups in total. The zero-order valence-electron chi connectivity index (χ0n) is 8.69. The first kappa shape index (κ1) is 16.4. The van der Waals surface area contributed by atoms with Gasteiger partial charge in [0.2, 0.25) is 0 Å². The van der Waals surface area contributed by atoms with Crippen LogP contribution in [0.25, 0.3) is 0 Å². The third-order valence-corrected chi connectivity index (χ3v) is 1.01. The zero-order chi connectivity index (χ0) is 12.8. The minimum absolute atomic E-state index is 0.0653. The topological polar surface area (TPSA) is 98.7 Å². The highest BCUT2D eigenvalue weighted by atomic mass is 16.4. The van der Waals surface area contributed by atoms with Crippen LogP contribution in [0.4, 0.5) is 0 Å². The van der Waals surface area contributed by atoms with Gasteiger partial charge in [-0.3, -0.25) is 20.2 Å². The lowest BCUT2D eigenvalue weighted by atomic mass is 10.6. The fourth-order valence-electron chi connectivity index (χ4n) is 0.483. The molecule has 0 saturated carbocycles. The maximum absolute atomic E-state index is 9.74. The van der Waals surface area contributed by atoms with Crippen LogP contribution in [0.5, 0.6) is 0 Å². The summed E-state index contributed by atoms with van der Waals surface area (Å²) in [6.07, 6.45) is 9.62. The molecule has 6 heteroatoms. The lowest BCUT2D eigenvalue weighted by molar-refractivity contribution is -0.136. The largest absolute Gasteiger partial charge is 0.480 e. The van der Waals surface area contributed by atoms with Crippen LogP contribution < -0.4 is 10.6 Å². The molecule has 16 heavy (non-hydrogen) atoms. The van der Waals surface area contributed by atoms with Crippen LogP contribution >= 0.6 is 0 Å². The predicted molar refractivity (Wildman–Crippen MR) is 58.7 cm³/mol. The van der Waals surface area contributed by atoms with E-state index in [-0.39, 0.29) is 13.1 Å². The first-order valence-electron chi connectivity index (χ1n) is 4.26. The molecule has 0 amide bonds. The molecule has 0 aromatic heterocycles. The lowest BCUT2D eigenvalue weighted by Gasteiger charge is -1.90. The molecule has 0 atom stereocenters. The summed E-state index contributed by atoms with van der Waals surface area (Å²) >= 11 is 0. The van der Waals surface area contributed by atoms with Crippen LogP contribution in [0.15, 0.2) is 0 Å². The molecule has 0 saturated heterocycles. The molecule has 0 aromatic rings. The third kappa shape index (κ3) is 22.7. The van der Waals surface area contributed by atoms with Crippen molar-refractivity contribution < 1.29 is 19.8 Å². The maximum Gasteiger partial charge on any atom is 0.317 e. The van der Waals surface area contributed by atoms with E-state index in [4.69, 9.17) is 23.1 Å². The average Bonchev–Trinajstić information content (AvgIpc) is 2.18. The minimum atomic E-state index is -0.889. The maximum atomic E-state index is 9.74. The number of carboxylic acid groups (broad SMARTS) is 2. The number of hydrogen-bond donors (Lipinski definition) is 4. The molecule has 0 spiro atoms. The lowest BCUT2D eigenvalue weighted by Crippen LogP contribution is -2.22. The third-order valence-electron chi connectivity index (χ3n) is 1.01. The van der Waals surface area contributed by atoms with Crippen molar-refractivity contribution in [3.05, 3.63) is 0 Å². The van der Waals surface area contributed by atoms with Crippen molar-refractivity contribution in [3.63, 3.8) is 0 Å². The summed E-state index contributed by atoms with van der Waals surface area (Å²) in [6, 6.07) is 0. The van der Waals surface area contributed by atoms with E-state index >= 15 is 0 Å². The van der Waals surface area contributed by atoms with Gasteiger partial charge >= 0.3 is 11.9 Å². The number of aliphatic carboxylic acids is 2. The van der Waals surface area contributed by atoms with Gasteiger partial charge in [0.25, 0.3) is 0 Å². The molecule has 0 rings (SSSR count). The van der Waals surface area contributed by atoms with E-state index in [9.17, 15) is 9.59 Å². The highest BCUT2D eigenvalue weighted by molar-refractivity contribution is 5.69. The second-order valence-electron chi connectivity index (χ2n) is 2.40. The minimum Gasteiger partial charge on any atom is -0.480 e. The molecule has 0 bridgehead atoms. The van der Waals surface area contributed by atoms with Gasteiger partial charge in [0.05, 0.1) is 26.2 Å². The fraction of sp³-hybridized carbons (Fsp3) is 0.400. The SMILES string of the molecule is C#CCNCC(=O)O.C#CCNCC(=O)O. The molecule has 0 aliphatic heterocycles. The summed E-state index contributed by atoms with van der Waals surface area (Å²) in [5, 5.41) is 21.0. The Morgan fingerprint density at radius 1 is 0.938 bits per heavy atom. The zero-order valence-corrected chi connectivity index (χ0v) is 8.69. The molecule has 0 unspecified atom stereocenters. The van der Waals surface area contributed by atoms with E-state index in [1.807, 2.05) is 0 Å². The van der Waals surface area contributed by atoms with Crippen LogP contribution in [0.2, 0.25) is 0 Å². The highest BCUT2D eigenvalue weighted by Gasteiger charge is 1.90. The van der Waals surface area contributed by atoms with Gasteiger partial charge in [-0.05, 0) is 0 Å². The van der Waals surface area contributed by atoms with Gasteiger partial charge in [-0.1, -0.05) is 11.8 Å². The Hall–Kier alpha value is -2.02. The van der Waals surface area contributed by atoms with E-state index in [0.29, 0.717) is 13.1 Å². The second-order valence-corrected chi connectivity index (χ2v) is 2.40. The Labute approximate surface area is 94.0 Å². The van der Waals surface area contributed by atoms with Crippen LogP contribution in [-0.4, -0.2) is 48.3 Å². The van der Waals surface area contributed by atoms with Crippen molar-refractivity contribution in [1.82, 2.24) is 10.6 Å². The quantitative estimate of drug-likeness (QED) is 0.328. The van der Waals surface area contributed by atoms with Crippen LogP contribution in [-0.2, 0) is 9.59 Å². The second kappa shape index (κ2) is 13.0. The Morgan fingerprint density at radius 3 is 1.44 bits per heavy atom. The Bertz CT molecular complexity index is 258. The Kier molecular flexibility index (Phi) is 13.3. The van der Waals surface area contributed by atoms with Crippen molar-refractivity contribution in [3.8, 4) is 24.7 Å². The van der Waals surface area contributed by atoms with Crippen molar-refractivity contribution in [1.29, 1.82) is 0 Å². The summed E-state index contributed by atoms with van der Waals surface area (Å²) in [5.41, 5.74) is 0. The predicted octanol–water partition coefficient (Wildman–Crippen LogP) is -1.41. The molecule has 0 heterocycles. The van der Waals surface area contributed by atoms with Crippen molar-refractivity contribution in [2.24, 2.45) is 0 Å². The molecule has 0 fully saturated rings. The van der Waals surface area contributed by atoms with E-state index in [0.717, 1.165) is 0 Å². The summed E-state index contributed by atoms with van der Waals surface area (Å²) in [4.78, 5) is 19.5. The van der Waals surface area contributed by atoms with E-state index in [1.165, 1.54) is 0 Å². The summed E-state index contributed by atoms with van der Waals surface area (Å²) < 4.78 is 0. The number of rotatable bonds is 6. The number of carboxylic acids is 2. The standard InChI is InChI=1S/2C5H7NO2/c2*1-2-3-6-4-5(7)8/h2*1,6H,3-4H2,(H,7,8). The summed E-state index contributed by atoms with van der Waals surface area (Å²) in [6.45, 7) is 0.493.